The Labute approximate surface area is 130 Å². The van der Waals surface area contributed by atoms with Gasteiger partial charge in [0.25, 0.3) is 0 Å². The molecule has 3 atom stereocenters. The maximum atomic E-state index is 5.72. The molecular weight excluding hydrogens is 274 g/mol. The lowest BCUT2D eigenvalue weighted by atomic mass is 9.94. The number of rotatable bonds is 6. The molecule has 1 N–H and O–H groups in total. The van der Waals surface area contributed by atoms with Crippen molar-refractivity contribution >= 4 is 0 Å². The third-order valence-electron chi connectivity index (χ3n) is 4.83. The summed E-state index contributed by atoms with van der Waals surface area (Å²) in [6, 6.07) is 9.90. The van der Waals surface area contributed by atoms with Crippen molar-refractivity contribution in [3.05, 3.63) is 48.4 Å². The molecule has 0 unspecified atom stereocenters. The predicted molar refractivity (Wildman–Crippen MR) is 85.2 cm³/mol. The molecule has 2 aliphatic carbocycles. The van der Waals surface area contributed by atoms with E-state index in [9.17, 15) is 0 Å². The van der Waals surface area contributed by atoms with Crippen LogP contribution in [0.25, 0.3) is 11.5 Å². The number of fused-ring (bicyclic) bond motifs is 2. The first-order valence-corrected chi connectivity index (χ1v) is 8.15. The van der Waals surface area contributed by atoms with Crippen LogP contribution in [0.5, 0.6) is 0 Å². The zero-order chi connectivity index (χ0) is 14.8. The molecule has 0 aliphatic heterocycles. The zero-order valence-corrected chi connectivity index (χ0v) is 12.6. The Bertz CT molecular complexity index is 649. The van der Waals surface area contributed by atoms with Crippen molar-refractivity contribution in [1.29, 1.82) is 0 Å². The molecule has 2 aliphatic rings. The van der Waals surface area contributed by atoms with Crippen LogP contribution in [0.3, 0.4) is 0 Å². The van der Waals surface area contributed by atoms with E-state index < -0.39 is 0 Å². The van der Waals surface area contributed by atoms with Gasteiger partial charge in [-0.25, -0.2) is 0 Å². The minimum Gasteiger partial charge on any atom is -0.421 e. The standard InChI is InChI=1S/C18H21N3O/c1-2-4-14(5-3-1)18-21-20-17(22-18)8-9-19-12-16-11-13-6-7-15(16)10-13/h1-7,13,15-16,19H,8-12H2/t13-,15-,16-/m0/s1. The summed E-state index contributed by atoms with van der Waals surface area (Å²) in [6.45, 7) is 2.00. The summed E-state index contributed by atoms with van der Waals surface area (Å²) in [5, 5.41) is 11.8. The molecule has 4 nitrogen and oxygen atoms in total. The molecular formula is C18H21N3O. The van der Waals surface area contributed by atoms with Gasteiger partial charge < -0.3 is 9.73 Å². The lowest BCUT2D eigenvalue weighted by Gasteiger charge is -2.18. The minimum absolute atomic E-state index is 0.605. The molecule has 114 valence electrons. The number of benzene rings is 1. The van der Waals surface area contributed by atoms with Gasteiger partial charge in [-0.15, -0.1) is 10.2 Å². The van der Waals surface area contributed by atoms with Crippen molar-refractivity contribution in [2.45, 2.75) is 19.3 Å². The van der Waals surface area contributed by atoms with E-state index in [2.05, 4.69) is 27.7 Å². The molecule has 4 heteroatoms. The Morgan fingerprint density at radius 1 is 1.09 bits per heavy atom. The molecule has 1 heterocycles. The van der Waals surface area contributed by atoms with Crippen LogP contribution >= 0.6 is 0 Å². The van der Waals surface area contributed by atoms with Gasteiger partial charge in [-0.2, -0.15) is 0 Å². The van der Waals surface area contributed by atoms with E-state index in [-0.39, 0.29) is 0 Å². The van der Waals surface area contributed by atoms with Gasteiger partial charge in [-0.05, 0) is 49.3 Å². The molecule has 1 aromatic heterocycles. The molecule has 4 rings (SSSR count). The van der Waals surface area contributed by atoms with Crippen LogP contribution in [-0.2, 0) is 6.42 Å². The van der Waals surface area contributed by atoms with E-state index in [1.165, 1.54) is 12.8 Å². The predicted octanol–water partition coefficient (Wildman–Crippen LogP) is 3.08. The van der Waals surface area contributed by atoms with Crippen molar-refractivity contribution in [3.8, 4) is 11.5 Å². The summed E-state index contributed by atoms with van der Waals surface area (Å²) in [6.07, 6.45) is 8.31. The molecule has 1 aromatic carbocycles. The quantitative estimate of drug-likeness (QED) is 0.657. The normalized spacial score (nSPS) is 25.9. The van der Waals surface area contributed by atoms with E-state index in [0.717, 1.165) is 42.8 Å². The molecule has 22 heavy (non-hydrogen) atoms. The molecule has 1 fully saturated rings. The van der Waals surface area contributed by atoms with Gasteiger partial charge in [0.2, 0.25) is 11.8 Å². The van der Waals surface area contributed by atoms with Crippen LogP contribution in [0.4, 0.5) is 0 Å². The first-order chi connectivity index (χ1) is 10.9. The van der Waals surface area contributed by atoms with Gasteiger partial charge in [0, 0.05) is 18.5 Å². The number of nitrogens with zero attached hydrogens (tertiary/aromatic N) is 2. The molecule has 0 spiro atoms. The third kappa shape index (κ3) is 2.83. The van der Waals surface area contributed by atoms with Gasteiger partial charge in [0.15, 0.2) is 0 Å². The van der Waals surface area contributed by atoms with E-state index in [1.807, 2.05) is 30.3 Å². The number of aromatic nitrogens is 2. The van der Waals surface area contributed by atoms with Crippen LogP contribution in [0.2, 0.25) is 0 Å². The molecule has 2 aromatic rings. The Morgan fingerprint density at radius 3 is 2.77 bits per heavy atom. The zero-order valence-electron chi connectivity index (χ0n) is 12.6. The summed E-state index contributed by atoms with van der Waals surface area (Å²) >= 11 is 0. The number of allylic oxidation sites excluding steroid dienone is 2. The maximum absolute atomic E-state index is 5.72. The fourth-order valence-electron chi connectivity index (χ4n) is 3.66. The highest BCUT2D eigenvalue weighted by Crippen LogP contribution is 2.42. The number of hydrogen-bond donors (Lipinski definition) is 1. The van der Waals surface area contributed by atoms with E-state index >= 15 is 0 Å². The van der Waals surface area contributed by atoms with Gasteiger partial charge in [0.05, 0.1) is 0 Å². The minimum atomic E-state index is 0.605. The largest absolute Gasteiger partial charge is 0.421 e. The van der Waals surface area contributed by atoms with Gasteiger partial charge >= 0.3 is 0 Å². The fraction of sp³-hybridized carbons (Fsp3) is 0.444. The van der Waals surface area contributed by atoms with Crippen molar-refractivity contribution < 1.29 is 4.42 Å². The molecule has 2 bridgehead atoms. The second-order valence-electron chi connectivity index (χ2n) is 6.36. The smallest absolute Gasteiger partial charge is 0.247 e. The summed E-state index contributed by atoms with van der Waals surface area (Å²) in [5.74, 6) is 3.79. The van der Waals surface area contributed by atoms with E-state index in [4.69, 9.17) is 4.42 Å². The summed E-state index contributed by atoms with van der Waals surface area (Å²) in [7, 11) is 0. The fourth-order valence-corrected chi connectivity index (χ4v) is 3.66. The van der Waals surface area contributed by atoms with E-state index in [1.54, 1.807) is 0 Å². The number of hydrogen-bond acceptors (Lipinski definition) is 4. The Morgan fingerprint density at radius 2 is 2.00 bits per heavy atom. The Hall–Kier alpha value is -1.94. The Kier molecular flexibility index (Phi) is 3.77. The molecule has 0 saturated heterocycles. The van der Waals surface area contributed by atoms with Crippen molar-refractivity contribution in [2.75, 3.05) is 13.1 Å². The first kappa shape index (κ1) is 13.7. The topological polar surface area (TPSA) is 51.0 Å². The van der Waals surface area contributed by atoms with Crippen LogP contribution in [0, 0.1) is 17.8 Å². The van der Waals surface area contributed by atoms with Crippen LogP contribution in [0.15, 0.2) is 46.9 Å². The van der Waals surface area contributed by atoms with Gasteiger partial charge in [-0.3, -0.25) is 0 Å². The van der Waals surface area contributed by atoms with Crippen LogP contribution in [-0.4, -0.2) is 23.3 Å². The number of nitrogens with one attached hydrogen (secondary N) is 1. The third-order valence-corrected chi connectivity index (χ3v) is 4.83. The SMILES string of the molecule is C1=C[C@H]2C[C@H]1C[C@H]2CNCCc1nnc(-c2ccccc2)o1. The molecule has 1 saturated carbocycles. The average Bonchev–Trinajstić information content (AvgIpc) is 3.29. The average molecular weight is 295 g/mol. The summed E-state index contributed by atoms with van der Waals surface area (Å²) < 4.78 is 5.72. The summed E-state index contributed by atoms with van der Waals surface area (Å²) in [5.41, 5.74) is 0.975. The second kappa shape index (κ2) is 6.05. The van der Waals surface area contributed by atoms with Crippen molar-refractivity contribution in [2.24, 2.45) is 17.8 Å². The molecule has 0 amide bonds. The highest BCUT2D eigenvalue weighted by molar-refractivity contribution is 5.51. The Balaban J connectivity index is 1.25. The monoisotopic (exact) mass is 295 g/mol. The lowest BCUT2D eigenvalue weighted by Crippen LogP contribution is -2.27. The van der Waals surface area contributed by atoms with E-state index in [0.29, 0.717) is 11.8 Å². The van der Waals surface area contributed by atoms with Gasteiger partial charge in [-0.1, -0.05) is 30.4 Å². The van der Waals surface area contributed by atoms with Crippen LogP contribution in [0.1, 0.15) is 18.7 Å². The highest BCUT2D eigenvalue weighted by Gasteiger charge is 2.34. The maximum Gasteiger partial charge on any atom is 0.247 e. The second-order valence-corrected chi connectivity index (χ2v) is 6.36. The van der Waals surface area contributed by atoms with Gasteiger partial charge in [0.1, 0.15) is 0 Å². The van der Waals surface area contributed by atoms with Crippen molar-refractivity contribution in [3.63, 3.8) is 0 Å². The molecule has 0 radical (unpaired) electrons. The van der Waals surface area contributed by atoms with Crippen molar-refractivity contribution in [1.82, 2.24) is 15.5 Å². The highest BCUT2D eigenvalue weighted by atomic mass is 16.4. The lowest BCUT2D eigenvalue weighted by molar-refractivity contribution is 0.409. The first-order valence-electron chi connectivity index (χ1n) is 8.15. The van der Waals surface area contributed by atoms with Crippen LogP contribution < -0.4 is 5.32 Å². The summed E-state index contributed by atoms with van der Waals surface area (Å²) in [4.78, 5) is 0.